The molecule has 22 heavy (non-hydrogen) atoms. The summed E-state index contributed by atoms with van der Waals surface area (Å²) in [5, 5.41) is 1.10. The SMILES string of the molecule is CC(C)[Si](C#Cc1cc2cc(Br)ccc2o1)(C(C)C)C(C)C. The van der Waals surface area contributed by atoms with Gasteiger partial charge in [-0.15, -0.1) is 5.54 Å². The fourth-order valence-electron chi connectivity index (χ4n) is 3.68. The molecule has 0 aliphatic carbocycles. The maximum atomic E-state index is 5.89. The number of hydrogen-bond acceptors (Lipinski definition) is 1. The number of rotatable bonds is 3. The summed E-state index contributed by atoms with van der Waals surface area (Å²) in [4.78, 5) is 0. The molecule has 0 fully saturated rings. The third-order valence-corrected chi connectivity index (χ3v) is 11.5. The predicted molar refractivity (Wildman–Crippen MR) is 102 cm³/mol. The van der Waals surface area contributed by atoms with Gasteiger partial charge in [0.2, 0.25) is 0 Å². The van der Waals surface area contributed by atoms with Gasteiger partial charge in [-0.1, -0.05) is 57.5 Å². The van der Waals surface area contributed by atoms with Crippen molar-refractivity contribution < 1.29 is 4.42 Å². The van der Waals surface area contributed by atoms with E-state index in [-0.39, 0.29) is 0 Å². The lowest BCUT2D eigenvalue weighted by Crippen LogP contribution is -2.43. The molecule has 0 saturated carbocycles. The van der Waals surface area contributed by atoms with Crippen molar-refractivity contribution in [2.24, 2.45) is 0 Å². The zero-order chi connectivity index (χ0) is 16.5. The van der Waals surface area contributed by atoms with E-state index >= 15 is 0 Å². The van der Waals surface area contributed by atoms with Crippen LogP contribution < -0.4 is 0 Å². The van der Waals surface area contributed by atoms with Crippen LogP contribution in [0.1, 0.15) is 47.3 Å². The van der Waals surface area contributed by atoms with Crippen molar-refractivity contribution in [3.05, 3.63) is 34.5 Å². The van der Waals surface area contributed by atoms with E-state index in [1.165, 1.54) is 0 Å². The molecule has 1 aromatic carbocycles. The molecule has 0 aliphatic rings. The molecule has 0 radical (unpaired) electrons. The van der Waals surface area contributed by atoms with Crippen LogP contribution in [-0.4, -0.2) is 8.07 Å². The minimum absolute atomic E-state index is 0.638. The van der Waals surface area contributed by atoms with Crippen molar-refractivity contribution in [1.82, 2.24) is 0 Å². The van der Waals surface area contributed by atoms with Gasteiger partial charge in [0.25, 0.3) is 0 Å². The van der Waals surface area contributed by atoms with Crippen LogP contribution in [0, 0.1) is 11.5 Å². The lowest BCUT2D eigenvalue weighted by Gasteiger charge is -2.37. The highest BCUT2D eigenvalue weighted by atomic mass is 79.9. The number of hydrogen-bond donors (Lipinski definition) is 0. The van der Waals surface area contributed by atoms with Crippen molar-refractivity contribution in [1.29, 1.82) is 0 Å². The average molecular weight is 377 g/mol. The summed E-state index contributed by atoms with van der Waals surface area (Å²) in [6.45, 7) is 14.0. The Morgan fingerprint density at radius 1 is 0.955 bits per heavy atom. The topological polar surface area (TPSA) is 13.1 Å². The molecule has 0 bridgehead atoms. The maximum absolute atomic E-state index is 5.89. The molecule has 0 saturated heterocycles. The average Bonchev–Trinajstić information content (AvgIpc) is 2.79. The van der Waals surface area contributed by atoms with E-state index in [1.807, 2.05) is 18.2 Å². The van der Waals surface area contributed by atoms with Gasteiger partial charge in [0, 0.05) is 15.9 Å². The summed E-state index contributed by atoms with van der Waals surface area (Å²) in [5.74, 6) is 4.15. The monoisotopic (exact) mass is 376 g/mol. The summed E-state index contributed by atoms with van der Waals surface area (Å²) in [6, 6.07) is 8.11. The first-order valence-electron chi connectivity index (χ1n) is 7.99. The van der Waals surface area contributed by atoms with Gasteiger partial charge >= 0.3 is 0 Å². The molecule has 0 atom stereocenters. The van der Waals surface area contributed by atoms with E-state index < -0.39 is 8.07 Å². The zero-order valence-electron chi connectivity index (χ0n) is 14.3. The van der Waals surface area contributed by atoms with E-state index in [1.54, 1.807) is 0 Å². The molecule has 1 heterocycles. The molecule has 3 heteroatoms. The molecule has 0 N–H and O–H groups in total. The number of benzene rings is 1. The predicted octanol–water partition coefficient (Wildman–Crippen LogP) is 6.76. The quantitative estimate of drug-likeness (QED) is 0.425. The summed E-state index contributed by atoms with van der Waals surface area (Å²) >= 11 is 3.50. The standard InChI is InChI=1S/C19H25BrOSi/c1-13(2)22(14(3)4,15(5)6)10-9-18-12-16-11-17(20)7-8-19(16)21-18/h7-8,11-15H,1-6H3. The van der Waals surface area contributed by atoms with E-state index in [0.717, 1.165) is 21.2 Å². The molecule has 1 aromatic heterocycles. The van der Waals surface area contributed by atoms with Gasteiger partial charge in [-0.05, 0) is 40.7 Å². The highest BCUT2D eigenvalue weighted by Gasteiger charge is 2.41. The van der Waals surface area contributed by atoms with Gasteiger partial charge in [-0.25, -0.2) is 0 Å². The van der Waals surface area contributed by atoms with Crippen molar-refractivity contribution in [2.45, 2.75) is 58.2 Å². The summed E-state index contributed by atoms with van der Waals surface area (Å²) in [6.07, 6.45) is 0. The molecule has 0 spiro atoms. The fraction of sp³-hybridized carbons (Fsp3) is 0.474. The van der Waals surface area contributed by atoms with Gasteiger partial charge in [0.05, 0.1) is 0 Å². The third kappa shape index (κ3) is 3.19. The minimum Gasteiger partial charge on any atom is -0.448 e. The number of fused-ring (bicyclic) bond motifs is 1. The highest BCUT2D eigenvalue weighted by Crippen LogP contribution is 2.40. The Morgan fingerprint density at radius 3 is 2.09 bits per heavy atom. The summed E-state index contributed by atoms with van der Waals surface area (Å²) in [5.41, 5.74) is 6.52. The van der Waals surface area contributed by atoms with Gasteiger partial charge < -0.3 is 4.42 Å². The van der Waals surface area contributed by atoms with E-state index in [2.05, 4.69) is 75.0 Å². The minimum atomic E-state index is -1.70. The second-order valence-electron chi connectivity index (χ2n) is 6.94. The number of halogens is 1. The van der Waals surface area contributed by atoms with E-state index in [4.69, 9.17) is 4.42 Å². The van der Waals surface area contributed by atoms with Crippen LogP contribution in [0.5, 0.6) is 0 Å². The van der Waals surface area contributed by atoms with Crippen LogP contribution in [0.2, 0.25) is 16.6 Å². The van der Waals surface area contributed by atoms with Crippen molar-refractivity contribution in [3.63, 3.8) is 0 Å². The Bertz CT molecular complexity index is 694. The fourth-order valence-corrected chi connectivity index (χ4v) is 9.26. The summed E-state index contributed by atoms with van der Waals surface area (Å²) in [7, 11) is -1.70. The van der Waals surface area contributed by atoms with Crippen LogP contribution in [-0.2, 0) is 0 Å². The van der Waals surface area contributed by atoms with Crippen LogP contribution in [0.4, 0.5) is 0 Å². The second kappa shape index (κ2) is 6.64. The van der Waals surface area contributed by atoms with Crippen LogP contribution in [0.3, 0.4) is 0 Å². The third-order valence-electron chi connectivity index (χ3n) is 4.75. The van der Waals surface area contributed by atoms with E-state index in [0.29, 0.717) is 16.6 Å². The molecule has 1 nitrogen and oxygen atoms in total. The zero-order valence-corrected chi connectivity index (χ0v) is 16.9. The van der Waals surface area contributed by atoms with Crippen molar-refractivity contribution >= 4 is 35.0 Å². The first kappa shape index (κ1) is 17.4. The lowest BCUT2D eigenvalue weighted by molar-refractivity contribution is 0.601. The Hall–Kier alpha value is -0.983. The van der Waals surface area contributed by atoms with Gasteiger partial charge in [-0.3, -0.25) is 0 Å². The van der Waals surface area contributed by atoms with Crippen LogP contribution >= 0.6 is 15.9 Å². The Balaban J connectivity index is 2.47. The summed E-state index contributed by atoms with van der Waals surface area (Å²) < 4.78 is 6.95. The highest BCUT2D eigenvalue weighted by molar-refractivity contribution is 9.10. The smallest absolute Gasteiger partial charge is 0.177 e. The van der Waals surface area contributed by atoms with Crippen LogP contribution in [0.25, 0.3) is 11.0 Å². The number of furan rings is 1. The molecule has 118 valence electrons. The van der Waals surface area contributed by atoms with Gasteiger partial charge in [-0.2, -0.15) is 0 Å². The molecule has 2 aromatic rings. The largest absolute Gasteiger partial charge is 0.448 e. The van der Waals surface area contributed by atoms with Crippen LogP contribution in [0.15, 0.2) is 33.2 Å². The molecule has 0 aliphatic heterocycles. The maximum Gasteiger partial charge on any atom is 0.177 e. The second-order valence-corrected chi connectivity index (χ2v) is 13.4. The Labute approximate surface area is 143 Å². The normalized spacial score (nSPS) is 12.3. The van der Waals surface area contributed by atoms with E-state index in [9.17, 15) is 0 Å². The Kier molecular flexibility index (Phi) is 5.24. The van der Waals surface area contributed by atoms with Gasteiger partial charge in [0.1, 0.15) is 13.7 Å². The first-order valence-corrected chi connectivity index (χ1v) is 11.0. The van der Waals surface area contributed by atoms with Crippen molar-refractivity contribution in [3.8, 4) is 11.5 Å². The molecule has 0 unspecified atom stereocenters. The van der Waals surface area contributed by atoms with Gasteiger partial charge in [0.15, 0.2) is 5.76 Å². The molecule has 2 rings (SSSR count). The molecular weight excluding hydrogens is 352 g/mol. The van der Waals surface area contributed by atoms with Crippen molar-refractivity contribution in [2.75, 3.05) is 0 Å². The molecule has 0 amide bonds. The molecular formula is C19H25BrOSi. The first-order chi connectivity index (χ1) is 10.3. The lowest BCUT2D eigenvalue weighted by atomic mass is 10.2. The Morgan fingerprint density at radius 2 is 1.55 bits per heavy atom.